The summed E-state index contributed by atoms with van der Waals surface area (Å²) < 4.78 is 0. The number of nitrogens with two attached hydrogens (primary N) is 1. The molecule has 1 aromatic rings. The second kappa shape index (κ2) is 6.59. The minimum atomic E-state index is 0.0872. The summed E-state index contributed by atoms with van der Waals surface area (Å²) in [7, 11) is 0. The zero-order valence-corrected chi connectivity index (χ0v) is 13.0. The van der Waals surface area contributed by atoms with Crippen molar-refractivity contribution < 1.29 is 4.79 Å². The van der Waals surface area contributed by atoms with Gasteiger partial charge in [-0.05, 0) is 49.4 Å². The van der Waals surface area contributed by atoms with Crippen molar-refractivity contribution in [1.29, 1.82) is 0 Å². The maximum absolute atomic E-state index is 12.7. The van der Waals surface area contributed by atoms with Crippen LogP contribution in [0.15, 0.2) is 18.2 Å². The third-order valence-electron chi connectivity index (χ3n) is 4.35. The van der Waals surface area contributed by atoms with E-state index in [9.17, 15) is 4.79 Å². The average molecular weight is 295 g/mol. The fourth-order valence-corrected chi connectivity index (χ4v) is 3.24. The van der Waals surface area contributed by atoms with Gasteiger partial charge in [-0.15, -0.1) is 0 Å². The lowest BCUT2D eigenvalue weighted by molar-refractivity contribution is 0.0558. The van der Waals surface area contributed by atoms with E-state index in [0.29, 0.717) is 17.5 Å². The van der Waals surface area contributed by atoms with Crippen molar-refractivity contribution in [2.24, 2.45) is 11.7 Å². The highest BCUT2D eigenvalue weighted by atomic mass is 35.5. The van der Waals surface area contributed by atoms with Crippen LogP contribution in [0.25, 0.3) is 0 Å². The fourth-order valence-electron chi connectivity index (χ4n) is 3.02. The molecule has 1 fully saturated rings. The predicted octanol–water partition coefficient (Wildman–Crippen LogP) is 3.24. The molecule has 1 aliphatic heterocycles. The van der Waals surface area contributed by atoms with Gasteiger partial charge in [0.05, 0.1) is 0 Å². The first kappa shape index (κ1) is 15.3. The SMILES string of the molecule is CCC1CCN(C(=O)c2ccc(Cl)cc2C)C(CN)C1. The van der Waals surface area contributed by atoms with E-state index in [1.807, 2.05) is 24.0 Å². The molecule has 1 saturated heterocycles. The first-order valence-corrected chi connectivity index (χ1v) is 7.71. The molecule has 1 heterocycles. The minimum absolute atomic E-state index is 0.0872. The molecule has 4 heteroatoms. The number of amides is 1. The van der Waals surface area contributed by atoms with E-state index in [1.165, 1.54) is 6.42 Å². The number of likely N-dealkylation sites (tertiary alicyclic amines) is 1. The van der Waals surface area contributed by atoms with Crippen LogP contribution in [0.1, 0.15) is 42.1 Å². The first-order valence-electron chi connectivity index (χ1n) is 7.34. The Morgan fingerprint density at radius 3 is 2.85 bits per heavy atom. The van der Waals surface area contributed by atoms with Gasteiger partial charge in [-0.2, -0.15) is 0 Å². The predicted molar refractivity (Wildman–Crippen MR) is 83.1 cm³/mol. The number of nitrogens with zero attached hydrogens (tertiary/aromatic N) is 1. The number of halogens is 1. The van der Waals surface area contributed by atoms with Crippen molar-refractivity contribution in [2.75, 3.05) is 13.1 Å². The number of carbonyl (C=O) groups is 1. The summed E-state index contributed by atoms with van der Waals surface area (Å²) in [6.45, 7) is 5.48. The zero-order chi connectivity index (χ0) is 14.7. The largest absolute Gasteiger partial charge is 0.334 e. The van der Waals surface area contributed by atoms with E-state index in [1.54, 1.807) is 6.07 Å². The van der Waals surface area contributed by atoms with Crippen molar-refractivity contribution in [3.8, 4) is 0 Å². The van der Waals surface area contributed by atoms with Gasteiger partial charge in [0.1, 0.15) is 0 Å². The number of aryl methyl sites for hydroxylation is 1. The van der Waals surface area contributed by atoms with Gasteiger partial charge in [0.15, 0.2) is 0 Å². The molecule has 110 valence electrons. The number of benzene rings is 1. The summed E-state index contributed by atoms with van der Waals surface area (Å²) in [4.78, 5) is 14.7. The van der Waals surface area contributed by atoms with Crippen molar-refractivity contribution in [3.63, 3.8) is 0 Å². The van der Waals surface area contributed by atoms with Crippen LogP contribution in [0.4, 0.5) is 0 Å². The Hall–Kier alpha value is -1.06. The molecule has 2 rings (SSSR count). The van der Waals surface area contributed by atoms with Crippen molar-refractivity contribution in [1.82, 2.24) is 4.90 Å². The lowest BCUT2D eigenvalue weighted by Gasteiger charge is -2.39. The van der Waals surface area contributed by atoms with Gasteiger partial charge in [-0.3, -0.25) is 4.79 Å². The third-order valence-corrected chi connectivity index (χ3v) is 4.59. The zero-order valence-electron chi connectivity index (χ0n) is 12.2. The van der Waals surface area contributed by atoms with Gasteiger partial charge >= 0.3 is 0 Å². The molecule has 2 unspecified atom stereocenters. The van der Waals surface area contributed by atoms with Gasteiger partial charge in [0.2, 0.25) is 0 Å². The molecule has 1 aliphatic rings. The minimum Gasteiger partial charge on any atom is -0.334 e. The Morgan fingerprint density at radius 2 is 2.25 bits per heavy atom. The second-order valence-electron chi connectivity index (χ2n) is 5.65. The quantitative estimate of drug-likeness (QED) is 0.930. The van der Waals surface area contributed by atoms with E-state index in [0.717, 1.165) is 30.5 Å². The molecule has 20 heavy (non-hydrogen) atoms. The molecule has 3 nitrogen and oxygen atoms in total. The van der Waals surface area contributed by atoms with Gasteiger partial charge < -0.3 is 10.6 Å². The molecule has 0 aromatic heterocycles. The van der Waals surface area contributed by atoms with Crippen LogP contribution in [-0.4, -0.2) is 29.9 Å². The summed E-state index contributed by atoms with van der Waals surface area (Å²) in [6.07, 6.45) is 3.26. The van der Waals surface area contributed by atoms with Crippen molar-refractivity contribution in [2.45, 2.75) is 39.2 Å². The molecule has 1 aromatic carbocycles. The van der Waals surface area contributed by atoms with E-state index in [4.69, 9.17) is 17.3 Å². The smallest absolute Gasteiger partial charge is 0.254 e. The summed E-state index contributed by atoms with van der Waals surface area (Å²) >= 11 is 5.96. The van der Waals surface area contributed by atoms with Crippen LogP contribution in [0.3, 0.4) is 0 Å². The number of rotatable bonds is 3. The number of carbonyl (C=O) groups excluding carboxylic acids is 1. The second-order valence-corrected chi connectivity index (χ2v) is 6.08. The van der Waals surface area contributed by atoms with Crippen LogP contribution in [0.5, 0.6) is 0 Å². The number of hydrogen-bond acceptors (Lipinski definition) is 2. The molecule has 2 atom stereocenters. The van der Waals surface area contributed by atoms with Crippen LogP contribution >= 0.6 is 11.6 Å². The third kappa shape index (κ3) is 3.15. The van der Waals surface area contributed by atoms with Crippen LogP contribution in [0, 0.1) is 12.8 Å². The molecule has 0 bridgehead atoms. The van der Waals surface area contributed by atoms with E-state index in [-0.39, 0.29) is 11.9 Å². The summed E-state index contributed by atoms with van der Waals surface area (Å²) in [6, 6.07) is 5.60. The Bertz CT molecular complexity index is 489. The van der Waals surface area contributed by atoms with Crippen molar-refractivity contribution >= 4 is 17.5 Å². The Balaban J connectivity index is 2.19. The molecule has 0 saturated carbocycles. The Morgan fingerprint density at radius 1 is 1.50 bits per heavy atom. The monoisotopic (exact) mass is 294 g/mol. The molecule has 2 N–H and O–H groups in total. The molecular formula is C16H23ClN2O. The first-order chi connectivity index (χ1) is 9.56. The molecule has 0 aliphatic carbocycles. The van der Waals surface area contributed by atoms with Crippen LogP contribution < -0.4 is 5.73 Å². The number of hydrogen-bond donors (Lipinski definition) is 1. The molecule has 1 amide bonds. The number of piperidine rings is 1. The highest BCUT2D eigenvalue weighted by molar-refractivity contribution is 6.30. The van der Waals surface area contributed by atoms with Gasteiger partial charge in [0.25, 0.3) is 5.91 Å². The lowest BCUT2D eigenvalue weighted by atomic mass is 9.88. The van der Waals surface area contributed by atoms with E-state index < -0.39 is 0 Å². The molecular weight excluding hydrogens is 272 g/mol. The van der Waals surface area contributed by atoms with Gasteiger partial charge in [-0.25, -0.2) is 0 Å². The van der Waals surface area contributed by atoms with Gasteiger partial charge in [0, 0.05) is 29.7 Å². The normalized spacial score (nSPS) is 22.9. The standard InChI is InChI=1S/C16H23ClN2O/c1-3-12-6-7-19(14(9-12)10-18)16(20)15-5-4-13(17)8-11(15)2/h4-5,8,12,14H,3,6-7,9-10,18H2,1-2H3. The Labute approximate surface area is 126 Å². The van der Waals surface area contributed by atoms with E-state index in [2.05, 4.69) is 6.92 Å². The molecule has 0 spiro atoms. The summed E-state index contributed by atoms with van der Waals surface area (Å²) in [5, 5.41) is 0.666. The maximum atomic E-state index is 12.7. The highest BCUT2D eigenvalue weighted by Gasteiger charge is 2.31. The Kier molecular flexibility index (Phi) is 5.06. The lowest BCUT2D eigenvalue weighted by Crippen LogP contribution is -2.49. The topological polar surface area (TPSA) is 46.3 Å². The van der Waals surface area contributed by atoms with Crippen molar-refractivity contribution in [3.05, 3.63) is 34.3 Å². The van der Waals surface area contributed by atoms with Gasteiger partial charge in [-0.1, -0.05) is 24.9 Å². The van der Waals surface area contributed by atoms with Crippen LogP contribution in [-0.2, 0) is 0 Å². The van der Waals surface area contributed by atoms with E-state index >= 15 is 0 Å². The summed E-state index contributed by atoms with van der Waals surface area (Å²) in [5.41, 5.74) is 7.54. The fraction of sp³-hybridized carbons (Fsp3) is 0.562. The highest BCUT2D eigenvalue weighted by Crippen LogP contribution is 2.27. The van der Waals surface area contributed by atoms with Crippen LogP contribution in [0.2, 0.25) is 5.02 Å². The molecule has 0 radical (unpaired) electrons. The average Bonchev–Trinajstić information content (AvgIpc) is 2.46. The maximum Gasteiger partial charge on any atom is 0.254 e. The summed E-state index contributed by atoms with van der Waals surface area (Å²) in [5.74, 6) is 0.781.